The minimum absolute atomic E-state index is 0.189. The molecule has 6 heteroatoms. The first-order valence-corrected chi connectivity index (χ1v) is 13.0. The van der Waals surface area contributed by atoms with Crippen LogP contribution in [0, 0.1) is 11.8 Å². The minimum atomic E-state index is -0.416. The highest BCUT2D eigenvalue weighted by atomic mass is 35.5. The lowest BCUT2D eigenvalue weighted by Crippen LogP contribution is -2.72. The average Bonchev–Trinajstić information content (AvgIpc) is 3.45. The molecule has 1 spiro atoms. The van der Waals surface area contributed by atoms with Crippen LogP contribution < -0.4 is 4.74 Å². The highest BCUT2D eigenvalue weighted by molar-refractivity contribution is 6.30. The molecule has 1 saturated heterocycles. The Hall–Kier alpha value is -2.08. The zero-order valence-corrected chi connectivity index (χ0v) is 20.3. The predicted octanol–water partition coefficient (Wildman–Crippen LogP) is 4.40. The molecule has 1 N–H and O–H groups in total. The van der Waals surface area contributed by atoms with Gasteiger partial charge >= 0.3 is 0 Å². The number of Topliss-reactive ketones (excluding diaryl/α,β-unsaturated/α-hetero) is 1. The Labute approximate surface area is 205 Å². The smallest absolute Gasteiger partial charge is 0.174 e. The van der Waals surface area contributed by atoms with Gasteiger partial charge in [-0.2, -0.15) is 0 Å². The summed E-state index contributed by atoms with van der Waals surface area (Å²) in [4.78, 5) is 13.0. The van der Waals surface area contributed by atoms with Gasteiger partial charge < -0.3 is 19.1 Å². The number of ether oxygens (including phenoxy) is 2. The van der Waals surface area contributed by atoms with E-state index in [2.05, 4.69) is 13.1 Å². The van der Waals surface area contributed by atoms with E-state index in [1.807, 2.05) is 24.3 Å². The van der Waals surface area contributed by atoms with Crippen molar-refractivity contribution in [2.24, 2.45) is 11.8 Å². The maximum Gasteiger partial charge on any atom is 0.174 e. The van der Waals surface area contributed by atoms with Gasteiger partial charge in [0.25, 0.3) is 0 Å². The third-order valence-corrected chi connectivity index (χ3v) is 9.92. The summed E-state index contributed by atoms with van der Waals surface area (Å²) in [5, 5.41) is 11.3. The molecule has 3 fully saturated rings. The molecule has 2 saturated carbocycles. The molecule has 7 atom stereocenters. The van der Waals surface area contributed by atoms with E-state index in [-0.39, 0.29) is 16.9 Å². The molecule has 2 bridgehead atoms. The Morgan fingerprint density at radius 3 is 2.88 bits per heavy atom. The predicted molar refractivity (Wildman–Crippen MR) is 128 cm³/mol. The average molecular weight is 481 g/mol. The van der Waals surface area contributed by atoms with E-state index in [1.165, 1.54) is 5.56 Å². The van der Waals surface area contributed by atoms with Crippen LogP contribution in [0.4, 0.5) is 0 Å². The van der Waals surface area contributed by atoms with E-state index in [4.69, 9.17) is 21.1 Å². The van der Waals surface area contributed by atoms with Crippen molar-refractivity contribution in [1.29, 1.82) is 0 Å². The third-order valence-electron chi connectivity index (χ3n) is 9.67. The number of quaternary nitrogens is 1. The maximum absolute atomic E-state index is 13.0. The van der Waals surface area contributed by atoms with Crippen molar-refractivity contribution in [2.75, 3.05) is 20.1 Å². The highest BCUT2D eigenvalue weighted by Gasteiger charge is 2.69. The van der Waals surface area contributed by atoms with E-state index in [0.29, 0.717) is 42.8 Å². The molecule has 0 amide bonds. The van der Waals surface area contributed by atoms with Crippen LogP contribution in [0.2, 0.25) is 5.02 Å². The number of hydrogen-bond donors (Lipinski definition) is 1. The van der Waals surface area contributed by atoms with Gasteiger partial charge in [0.1, 0.15) is 0 Å². The van der Waals surface area contributed by atoms with Gasteiger partial charge in [-0.25, -0.2) is 0 Å². The van der Waals surface area contributed by atoms with E-state index in [9.17, 15) is 9.90 Å². The van der Waals surface area contributed by atoms with E-state index < -0.39 is 6.10 Å². The number of carbonyl (C=O) groups is 1. The Kier molecular flexibility index (Phi) is 4.51. The van der Waals surface area contributed by atoms with Crippen LogP contribution in [0.25, 0.3) is 0 Å². The number of carbonyl (C=O) groups excluding carboxylic acids is 1. The van der Waals surface area contributed by atoms with Gasteiger partial charge in [0.2, 0.25) is 0 Å². The summed E-state index contributed by atoms with van der Waals surface area (Å²) in [5.74, 6) is 2.01. The van der Waals surface area contributed by atoms with Gasteiger partial charge in [-0.1, -0.05) is 29.8 Å². The van der Waals surface area contributed by atoms with Crippen LogP contribution >= 0.6 is 11.6 Å². The molecule has 5 nitrogen and oxygen atoms in total. The zero-order valence-electron chi connectivity index (χ0n) is 19.5. The van der Waals surface area contributed by atoms with E-state index in [1.54, 1.807) is 6.07 Å². The molecule has 7 rings (SSSR count). The van der Waals surface area contributed by atoms with Gasteiger partial charge in [0.05, 0.1) is 44.3 Å². The normalized spacial score (nSPS) is 38.9. The molecule has 2 aromatic rings. The highest BCUT2D eigenvalue weighted by Crippen LogP contribution is 2.64. The van der Waals surface area contributed by atoms with Crippen LogP contribution in [0.15, 0.2) is 36.4 Å². The number of nitrogens with zero attached hydrogens (tertiary/aromatic N) is 1. The molecule has 2 unspecified atom stereocenters. The number of ketones is 1. The summed E-state index contributed by atoms with van der Waals surface area (Å²) < 4.78 is 13.5. The zero-order chi connectivity index (χ0) is 23.2. The summed E-state index contributed by atoms with van der Waals surface area (Å²) >= 11 is 6.00. The number of phenols is 1. The summed E-state index contributed by atoms with van der Waals surface area (Å²) in [5.41, 5.74) is 3.36. The second-order valence-electron chi connectivity index (χ2n) is 11.5. The molecule has 2 aromatic carbocycles. The third kappa shape index (κ3) is 2.90. The molecule has 34 heavy (non-hydrogen) atoms. The first-order chi connectivity index (χ1) is 16.4. The molecule has 0 aromatic heterocycles. The standard InChI is InChI=1S/C28H30ClNO4/c1-30(14-18-13-24(18)33-15-16-2-5-19(29)6-3-16)11-10-28-20-7-9-23(32)27(28)34-26-22(31)8-4-17(25(26)28)12-21(20)30/h2-6,8,18,20-21,24,27H,7,9-15H2,1H3/p+1/t18?,20-,21+,24?,27-,28-,30+/m0/s1. The van der Waals surface area contributed by atoms with Gasteiger partial charge in [0.15, 0.2) is 23.4 Å². The Morgan fingerprint density at radius 1 is 1.24 bits per heavy atom. The molecular formula is C28H31ClNO4+. The minimum Gasteiger partial charge on any atom is -0.504 e. The second-order valence-corrected chi connectivity index (χ2v) is 11.9. The lowest BCUT2D eigenvalue weighted by atomic mass is 9.51. The number of aromatic hydroxyl groups is 1. The molecular weight excluding hydrogens is 450 g/mol. The lowest BCUT2D eigenvalue weighted by Gasteiger charge is -2.60. The van der Waals surface area contributed by atoms with Crippen LogP contribution in [-0.2, 0) is 28.0 Å². The Balaban J connectivity index is 1.13. The first-order valence-electron chi connectivity index (χ1n) is 12.6. The van der Waals surface area contributed by atoms with Crippen molar-refractivity contribution in [2.45, 2.75) is 62.4 Å². The van der Waals surface area contributed by atoms with Crippen LogP contribution in [0.1, 0.15) is 42.4 Å². The number of rotatable bonds is 5. The summed E-state index contributed by atoms with van der Waals surface area (Å²) in [6.45, 7) is 2.81. The SMILES string of the molecule is C[N@+]1(CC2CC2OCc2ccc(Cl)cc2)CC[C@]23c4c5ccc(O)c4O[C@H]2C(=O)CC[C@H]3[C@H]1C5. The van der Waals surface area contributed by atoms with Crippen molar-refractivity contribution in [3.63, 3.8) is 0 Å². The molecule has 0 radical (unpaired) electrons. The van der Waals surface area contributed by atoms with Crippen LogP contribution in [0.5, 0.6) is 11.5 Å². The van der Waals surface area contributed by atoms with Crippen molar-refractivity contribution in [1.82, 2.24) is 0 Å². The van der Waals surface area contributed by atoms with Crippen molar-refractivity contribution in [3.8, 4) is 11.5 Å². The quantitative estimate of drug-likeness (QED) is 0.644. The number of hydrogen-bond acceptors (Lipinski definition) is 4. The number of likely N-dealkylation sites (N-methyl/N-ethyl adjacent to an activating group) is 1. The Morgan fingerprint density at radius 2 is 2.06 bits per heavy atom. The number of benzene rings is 2. The molecule has 2 heterocycles. The number of piperidine rings is 1. The number of phenolic OH excluding ortho intramolecular Hbond substituents is 1. The summed E-state index contributed by atoms with van der Waals surface area (Å²) in [7, 11) is 2.43. The van der Waals surface area contributed by atoms with Crippen LogP contribution in [-0.4, -0.2) is 53.8 Å². The van der Waals surface area contributed by atoms with Gasteiger partial charge in [-0.3, -0.25) is 4.79 Å². The first kappa shape index (κ1) is 21.2. The molecule has 3 aliphatic carbocycles. The Bertz CT molecular complexity index is 1180. The van der Waals surface area contributed by atoms with Gasteiger partial charge in [-0.15, -0.1) is 0 Å². The number of halogens is 1. The van der Waals surface area contributed by atoms with E-state index >= 15 is 0 Å². The van der Waals surface area contributed by atoms with Gasteiger partial charge in [0, 0.05) is 41.7 Å². The molecule has 5 aliphatic rings. The summed E-state index contributed by atoms with van der Waals surface area (Å²) in [6, 6.07) is 12.2. The fraction of sp³-hybridized carbons (Fsp3) is 0.536. The monoisotopic (exact) mass is 480 g/mol. The molecule has 178 valence electrons. The number of likely N-dealkylation sites (tertiary alicyclic amines) is 1. The topological polar surface area (TPSA) is 55.8 Å². The van der Waals surface area contributed by atoms with Gasteiger partial charge in [-0.05, 0) is 42.2 Å². The van der Waals surface area contributed by atoms with Crippen LogP contribution in [0.3, 0.4) is 0 Å². The van der Waals surface area contributed by atoms with Crippen molar-refractivity contribution >= 4 is 17.4 Å². The molecule has 2 aliphatic heterocycles. The van der Waals surface area contributed by atoms with E-state index in [0.717, 1.165) is 59.4 Å². The van der Waals surface area contributed by atoms with Crippen molar-refractivity contribution < 1.29 is 23.9 Å². The second kappa shape index (κ2) is 7.22. The largest absolute Gasteiger partial charge is 0.504 e. The fourth-order valence-electron chi connectivity index (χ4n) is 7.95. The maximum atomic E-state index is 13.0. The lowest BCUT2D eigenvalue weighted by molar-refractivity contribution is -0.946. The fourth-order valence-corrected chi connectivity index (χ4v) is 8.08. The van der Waals surface area contributed by atoms with Crippen molar-refractivity contribution in [3.05, 3.63) is 58.1 Å². The summed E-state index contributed by atoms with van der Waals surface area (Å²) in [6.07, 6.45) is 4.52.